The molecule has 0 aliphatic rings. The lowest BCUT2D eigenvalue weighted by molar-refractivity contribution is 0.211. The molecule has 0 N–H and O–H groups in total. The minimum absolute atomic E-state index is 0.0187. The second-order valence-electron chi connectivity index (χ2n) is 2.95. The van der Waals surface area contributed by atoms with Gasteiger partial charge in [-0.1, -0.05) is 12.1 Å². The molecule has 14 heavy (non-hydrogen) atoms. The van der Waals surface area contributed by atoms with Gasteiger partial charge in [0.25, 0.3) is 0 Å². The molecule has 0 heterocycles. The summed E-state index contributed by atoms with van der Waals surface area (Å²) >= 11 is 5.10. The van der Waals surface area contributed by atoms with E-state index >= 15 is 0 Å². The number of hydrogen-bond acceptors (Lipinski definition) is 3. The van der Waals surface area contributed by atoms with Crippen molar-refractivity contribution in [1.29, 1.82) is 0 Å². The van der Waals surface area contributed by atoms with Gasteiger partial charge in [-0.2, -0.15) is 0 Å². The van der Waals surface area contributed by atoms with Crippen LogP contribution in [0, 0.1) is 0 Å². The molecular formula is C10H11ClO3. The summed E-state index contributed by atoms with van der Waals surface area (Å²) < 4.78 is 10.2. The minimum Gasteiger partial charge on any atom is -0.487 e. The van der Waals surface area contributed by atoms with E-state index in [0.717, 1.165) is 0 Å². The third-order valence-electron chi connectivity index (χ3n) is 1.40. The van der Waals surface area contributed by atoms with Crippen molar-refractivity contribution in [3.05, 3.63) is 24.3 Å². The van der Waals surface area contributed by atoms with Crippen LogP contribution in [0.15, 0.2) is 24.3 Å². The van der Waals surface area contributed by atoms with E-state index in [1.165, 1.54) is 0 Å². The summed E-state index contributed by atoms with van der Waals surface area (Å²) in [6.45, 7) is 3.78. The van der Waals surface area contributed by atoms with Gasteiger partial charge in [0.15, 0.2) is 11.5 Å². The molecule has 0 saturated heterocycles. The zero-order valence-electron chi connectivity index (χ0n) is 7.99. The van der Waals surface area contributed by atoms with E-state index in [9.17, 15) is 4.79 Å². The summed E-state index contributed by atoms with van der Waals surface area (Å²) in [7, 11) is 0. The highest BCUT2D eigenvalue weighted by Gasteiger charge is 2.08. The van der Waals surface area contributed by atoms with E-state index in [0.29, 0.717) is 11.5 Å². The fourth-order valence-electron chi connectivity index (χ4n) is 0.972. The maximum Gasteiger partial charge on any atom is 0.409 e. The molecule has 0 bridgehead atoms. The Morgan fingerprint density at radius 2 is 1.86 bits per heavy atom. The normalized spacial score (nSPS) is 10.0. The van der Waals surface area contributed by atoms with Gasteiger partial charge in [0.2, 0.25) is 0 Å². The van der Waals surface area contributed by atoms with Gasteiger partial charge in [0.1, 0.15) is 0 Å². The molecule has 0 saturated carbocycles. The van der Waals surface area contributed by atoms with Gasteiger partial charge >= 0.3 is 5.43 Å². The topological polar surface area (TPSA) is 35.5 Å². The molecule has 0 amide bonds. The largest absolute Gasteiger partial charge is 0.487 e. The number of ether oxygens (including phenoxy) is 2. The molecule has 0 radical (unpaired) electrons. The predicted molar refractivity (Wildman–Crippen MR) is 54.1 cm³/mol. The summed E-state index contributed by atoms with van der Waals surface area (Å²) in [4.78, 5) is 10.5. The SMILES string of the molecule is CC(C)Oc1ccccc1OC(=O)Cl. The van der Waals surface area contributed by atoms with E-state index < -0.39 is 5.43 Å². The van der Waals surface area contributed by atoms with Crippen LogP contribution in [0.1, 0.15) is 13.8 Å². The van der Waals surface area contributed by atoms with Crippen LogP contribution in [-0.4, -0.2) is 11.5 Å². The maximum absolute atomic E-state index is 10.5. The molecule has 0 atom stereocenters. The number of para-hydroxylation sites is 2. The molecule has 4 heteroatoms. The molecule has 0 aliphatic carbocycles. The second-order valence-corrected chi connectivity index (χ2v) is 3.26. The third kappa shape index (κ3) is 3.26. The van der Waals surface area contributed by atoms with Crippen LogP contribution in [0.4, 0.5) is 4.79 Å². The summed E-state index contributed by atoms with van der Waals surface area (Å²) in [5.74, 6) is 0.845. The average Bonchev–Trinajstić information content (AvgIpc) is 2.06. The van der Waals surface area contributed by atoms with Gasteiger partial charge in [0.05, 0.1) is 6.10 Å². The summed E-state index contributed by atoms with van der Waals surface area (Å²) in [5.41, 5.74) is -0.871. The highest BCUT2D eigenvalue weighted by Crippen LogP contribution is 2.27. The van der Waals surface area contributed by atoms with Crippen molar-refractivity contribution in [2.45, 2.75) is 20.0 Å². The fraction of sp³-hybridized carbons (Fsp3) is 0.300. The third-order valence-corrected chi connectivity index (χ3v) is 1.48. The number of halogens is 1. The van der Waals surface area contributed by atoms with E-state index in [4.69, 9.17) is 21.1 Å². The summed E-state index contributed by atoms with van der Waals surface area (Å²) in [6.07, 6.45) is 0.0187. The Kier molecular flexibility index (Phi) is 3.77. The molecule has 76 valence electrons. The van der Waals surface area contributed by atoms with Gasteiger partial charge < -0.3 is 9.47 Å². The predicted octanol–water partition coefficient (Wildman–Crippen LogP) is 3.21. The number of hydrogen-bond donors (Lipinski definition) is 0. The highest BCUT2D eigenvalue weighted by molar-refractivity contribution is 6.61. The fourth-order valence-corrected chi connectivity index (χ4v) is 1.06. The number of benzene rings is 1. The van der Waals surface area contributed by atoms with Crippen LogP contribution in [-0.2, 0) is 0 Å². The van der Waals surface area contributed by atoms with Crippen LogP contribution in [0.5, 0.6) is 11.5 Å². The van der Waals surface area contributed by atoms with Crippen LogP contribution < -0.4 is 9.47 Å². The van der Waals surface area contributed by atoms with Gasteiger partial charge in [-0.3, -0.25) is 0 Å². The molecule has 0 aromatic heterocycles. The van der Waals surface area contributed by atoms with Gasteiger partial charge in [-0.25, -0.2) is 4.79 Å². The Hall–Kier alpha value is -1.22. The lowest BCUT2D eigenvalue weighted by atomic mass is 10.3. The van der Waals surface area contributed by atoms with Crippen molar-refractivity contribution in [3.63, 3.8) is 0 Å². The van der Waals surface area contributed by atoms with Crippen molar-refractivity contribution in [1.82, 2.24) is 0 Å². The molecule has 3 nitrogen and oxygen atoms in total. The smallest absolute Gasteiger partial charge is 0.409 e. The van der Waals surface area contributed by atoms with Crippen LogP contribution in [0.25, 0.3) is 0 Å². The standard InChI is InChI=1S/C10H11ClO3/c1-7(2)13-8-5-3-4-6-9(8)14-10(11)12/h3-7H,1-2H3. The van der Waals surface area contributed by atoms with Crippen molar-refractivity contribution in [2.24, 2.45) is 0 Å². The van der Waals surface area contributed by atoms with Gasteiger partial charge in [0, 0.05) is 11.6 Å². The first-order chi connectivity index (χ1) is 6.59. The highest BCUT2D eigenvalue weighted by atomic mass is 35.5. The lowest BCUT2D eigenvalue weighted by Gasteiger charge is -2.12. The van der Waals surface area contributed by atoms with Crippen LogP contribution in [0.3, 0.4) is 0 Å². The van der Waals surface area contributed by atoms with Crippen molar-refractivity contribution >= 4 is 17.0 Å². The van der Waals surface area contributed by atoms with E-state index in [-0.39, 0.29) is 6.10 Å². The Morgan fingerprint density at radius 1 is 1.29 bits per heavy atom. The van der Waals surface area contributed by atoms with Gasteiger partial charge in [-0.15, -0.1) is 0 Å². The van der Waals surface area contributed by atoms with Gasteiger partial charge in [-0.05, 0) is 26.0 Å². The Labute approximate surface area is 87.6 Å². The summed E-state index contributed by atoms with van der Waals surface area (Å²) in [6, 6.07) is 6.87. The van der Waals surface area contributed by atoms with E-state index in [1.807, 2.05) is 13.8 Å². The number of carbonyl (C=O) groups is 1. The number of carbonyl (C=O) groups excluding carboxylic acids is 1. The Balaban J connectivity index is 2.85. The Bertz CT molecular complexity index is 323. The zero-order chi connectivity index (χ0) is 10.6. The molecule has 1 rings (SSSR count). The maximum atomic E-state index is 10.5. The minimum atomic E-state index is -0.871. The Morgan fingerprint density at radius 3 is 2.36 bits per heavy atom. The first-order valence-corrected chi connectivity index (χ1v) is 4.60. The second kappa shape index (κ2) is 4.86. The van der Waals surface area contributed by atoms with Crippen LogP contribution in [0.2, 0.25) is 0 Å². The molecule has 1 aromatic carbocycles. The molecule has 0 aliphatic heterocycles. The molecular weight excluding hydrogens is 204 g/mol. The zero-order valence-corrected chi connectivity index (χ0v) is 8.75. The molecule has 0 unspecified atom stereocenters. The summed E-state index contributed by atoms with van der Waals surface area (Å²) in [5, 5.41) is 0. The monoisotopic (exact) mass is 214 g/mol. The van der Waals surface area contributed by atoms with Crippen molar-refractivity contribution in [2.75, 3.05) is 0 Å². The van der Waals surface area contributed by atoms with E-state index in [1.54, 1.807) is 24.3 Å². The molecule has 1 aromatic rings. The van der Waals surface area contributed by atoms with Crippen LogP contribution >= 0.6 is 11.6 Å². The first-order valence-electron chi connectivity index (χ1n) is 4.22. The van der Waals surface area contributed by atoms with E-state index in [2.05, 4.69) is 0 Å². The quantitative estimate of drug-likeness (QED) is 0.725. The number of rotatable bonds is 3. The van der Waals surface area contributed by atoms with Crippen molar-refractivity contribution in [3.8, 4) is 11.5 Å². The first kappa shape index (κ1) is 10.9. The molecule has 0 spiro atoms. The molecule has 0 fully saturated rings. The van der Waals surface area contributed by atoms with Crippen molar-refractivity contribution < 1.29 is 14.3 Å². The average molecular weight is 215 g/mol. The lowest BCUT2D eigenvalue weighted by Crippen LogP contribution is -2.07.